The van der Waals surface area contributed by atoms with E-state index < -0.39 is 0 Å². The molecular formula is C25H28N4O. The molecule has 0 saturated heterocycles. The van der Waals surface area contributed by atoms with Crippen LogP contribution in [0.4, 0.5) is 0 Å². The Morgan fingerprint density at radius 2 is 1.73 bits per heavy atom. The molecule has 0 atom stereocenters. The van der Waals surface area contributed by atoms with Crippen LogP contribution in [0.5, 0.6) is 5.75 Å². The lowest BCUT2D eigenvalue weighted by Gasteiger charge is -2.19. The average Bonchev–Trinajstić information content (AvgIpc) is 3.61. The van der Waals surface area contributed by atoms with E-state index in [1.165, 1.54) is 24.0 Å². The molecule has 1 saturated carbocycles. The summed E-state index contributed by atoms with van der Waals surface area (Å²) in [4.78, 5) is 8.64. The molecule has 0 aliphatic heterocycles. The molecule has 5 nitrogen and oxygen atoms in total. The molecule has 0 unspecified atom stereocenters. The number of guanidine groups is 1. The van der Waals surface area contributed by atoms with Gasteiger partial charge >= 0.3 is 0 Å². The summed E-state index contributed by atoms with van der Waals surface area (Å²) in [6.07, 6.45) is 4.22. The molecule has 0 bridgehead atoms. The maximum atomic E-state index is 5.80. The minimum Gasteiger partial charge on any atom is -0.487 e. The van der Waals surface area contributed by atoms with E-state index in [1.54, 1.807) is 6.20 Å². The van der Waals surface area contributed by atoms with Gasteiger partial charge in [0.25, 0.3) is 0 Å². The lowest BCUT2D eigenvalue weighted by Crippen LogP contribution is -2.40. The van der Waals surface area contributed by atoms with E-state index in [4.69, 9.17) is 4.74 Å². The zero-order valence-electron chi connectivity index (χ0n) is 17.3. The third-order valence-electron chi connectivity index (χ3n) is 5.55. The monoisotopic (exact) mass is 400 g/mol. The van der Waals surface area contributed by atoms with Crippen LogP contribution in [0, 0.1) is 0 Å². The highest BCUT2D eigenvalue weighted by Crippen LogP contribution is 2.47. The number of hydrogen-bond donors (Lipinski definition) is 2. The van der Waals surface area contributed by atoms with Crippen LogP contribution in [0.1, 0.15) is 29.7 Å². The molecule has 154 valence electrons. The minimum absolute atomic E-state index is 0.255. The first-order chi connectivity index (χ1) is 14.8. The highest BCUT2D eigenvalue weighted by Gasteiger charge is 2.43. The van der Waals surface area contributed by atoms with Gasteiger partial charge in [-0.05, 0) is 48.2 Å². The van der Waals surface area contributed by atoms with Gasteiger partial charge in [-0.2, -0.15) is 0 Å². The summed E-state index contributed by atoms with van der Waals surface area (Å²) in [5, 5.41) is 6.90. The number of aromatic nitrogens is 1. The van der Waals surface area contributed by atoms with E-state index in [0.717, 1.165) is 23.9 Å². The van der Waals surface area contributed by atoms with Gasteiger partial charge in [-0.15, -0.1) is 0 Å². The van der Waals surface area contributed by atoms with E-state index >= 15 is 0 Å². The first kappa shape index (κ1) is 20.0. The van der Waals surface area contributed by atoms with Gasteiger partial charge < -0.3 is 15.4 Å². The van der Waals surface area contributed by atoms with Crippen molar-refractivity contribution >= 4 is 5.96 Å². The maximum Gasteiger partial charge on any atom is 0.191 e. The fourth-order valence-corrected chi connectivity index (χ4v) is 3.51. The first-order valence-corrected chi connectivity index (χ1v) is 10.4. The molecule has 5 heteroatoms. The molecule has 1 aliphatic carbocycles. The molecule has 2 aromatic carbocycles. The topological polar surface area (TPSA) is 58.5 Å². The van der Waals surface area contributed by atoms with Crippen LogP contribution in [0.2, 0.25) is 0 Å². The van der Waals surface area contributed by atoms with Crippen LogP contribution < -0.4 is 15.4 Å². The van der Waals surface area contributed by atoms with E-state index in [9.17, 15) is 0 Å². The molecule has 0 amide bonds. The Kier molecular flexibility index (Phi) is 6.28. The zero-order valence-corrected chi connectivity index (χ0v) is 17.3. The van der Waals surface area contributed by atoms with Gasteiger partial charge in [0.15, 0.2) is 5.96 Å². The van der Waals surface area contributed by atoms with Crippen molar-refractivity contribution in [3.05, 3.63) is 95.8 Å². The highest BCUT2D eigenvalue weighted by molar-refractivity contribution is 5.79. The third kappa shape index (κ3) is 5.17. The van der Waals surface area contributed by atoms with Gasteiger partial charge in [0.2, 0.25) is 0 Å². The van der Waals surface area contributed by atoms with Gasteiger partial charge in [-0.1, -0.05) is 48.5 Å². The smallest absolute Gasteiger partial charge is 0.191 e. The SMILES string of the molecule is CN=C(NCc1ccc(OCc2ccccn2)cc1)NCC1(c2ccccc2)CC1. The number of hydrogen-bond acceptors (Lipinski definition) is 3. The van der Waals surface area contributed by atoms with Crippen molar-refractivity contribution in [2.75, 3.05) is 13.6 Å². The largest absolute Gasteiger partial charge is 0.487 e. The lowest BCUT2D eigenvalue weighted by atomic mass is 9.96. The molecule has 1 fully saturated rings. The quantitative estimate of drug-likeness (QED) is 0.442. The predicted octanol–water partition coefficient (Wildman–Crippen LogP) is 4.06. The van der Waals surface area contributed by atoms with Crippen LogP contribution in [0.25, 0.3) is 0 Å². The van der Waals surface area contributed by atoms with Gasteiger partial charge in [0.05, 0.1) is 5.69 Å². The molecule has 4 rings (SSSR count). The second kappa shape index (κ2) is 9.44. The van der Waals surface area contributed by atoms with E-state index in [1.807, 2.05) is 37.4 Å². The second-order valence-corrected chi connectivity index (χ2v) is 7.68. The van der Waals surface area contributed by atoms with Crippen LogP contribution in [-0.2, 0) is 18.6 Å². The Labute approximate surface area is 178 Å². The normalized spacial score (nSPS) is 14.8. The summed E-state index contributed by atoms with van der Waals surface area (Å²) in [7, 11) is 1.81. The van der Waals surface area contributed by atoms with Crippen molar-refractivity contribution in [2.45, 2.75) is 31.4 Å². The molecule has 0 spiro atoms. The van der Waals surface area contributed by atoms with Crippen molar-refractivity contribution in [1.82, 2.24) is 15.6 Å². The van der Waals surface area contributed by atoms with Crippen molar-refractivity contribution in [3.63, 3.8) is 0 Å². The summed E-state index contributed by atoms with van der Waals surface area (Å²) >= 11 is 0. The minimum atomic E-state index is 0.255. The molecule has 1 aliphatic rings. The van der Waals surface area contributed by atoms with Crippen molar-refractivity contribution in [1.29, 1.82) is 0 Å². The molecule has 2 N–H and O–H groups in total. The summed E-state index contributed by atoms with van der Waals surface area (Å²) in [5.41, 5.74) is 3.76. The number of pyridine rings is 1. The average molecular weight is 401 g/mol. The molecule has 0 radical (unpaired) electrons. The van der Waals surface area contributed by atoms with E-state index in [0.29, 0.717) is 13.2 Å². The first-order valence-electron chi connectivity index (χ1n) is 10.4. The molecule has 1 heterocycles. The lowest BCUT2D eigenvalue weighted by molar-refractivity contribution is 0.301. The van der Waals surface area contributed by atoms with E-state index in [2.05, 4.69) is 63.1 Å². The van der Waals surface area contributed by atoms with Crippen LogP contribution in [0.15, 0.2) is 84.0 Å². The summed E-state index contributed by atoms with van der Waals surface area (Å²) in [6.45, 7) is 2.08. The van der Waals surface area contributed by atoms with Crippen molar-refractivity contribution < 1.29 is 4.74 Å². The number of benzene rings is 2. The van der Waals surface area contributed by atoms with Crippen molar-refractivity contribution in [2.24, 2.45) is 4.99 Å². The highest BCUT2D eigenvalue weighted by atomic mass is 16.5. The molecule has 3 aromatic rings. The fraction of sp³-hybridized carbons (Fsp3) is 0.280. The van der Waals surface area contributed by atoms with Gasteiger partial charge in [-0.25, -0.2) is 0 Å². The number of ether oxygens (including phenoxy) is 1. The van der Waals surface area contributed by atoms with Gasteiger partial charge in [0, 0.05) is 31.7 Å². The van der Waals surface area contributed by atoms with Gasteiger partial charge in [0.1, 0.15) is 12.4 Å². The Balaban J connectivity index is 1.24. The van der Waals surface area contributed by atoms with Crippen LogP contribution >= 0.6 is 0 Å². The third-order valence-corrected chi connectivity index (χ3v) is 5.55. The maximum absolute atomic E-state index is 5.80. The zero-order chi connectivity index (χ0) is 20.7. The molecular weight excluding hydrogens is 372 g/mol. The Hall–Kier alpha value is -3.34. The number of rotatable bonds is 8. The summed E-state index contributed by atoms with van der Waals surface area (Å²) in [5.74, 6) is 1.66. The Bertz CT molecular complexity index is 951. The molecule has 1 aromatic heterocycles. The van der Waals surface area contributed by atoms with Crippen LogP contribution in [-0.4, -0.2) is 24.5 Å². The molecule has 30 heavy (non-hydrogen) atoms. The van der Waals surface area contributed by atoms with Gasteiger partial charge in [-0.3, -0.25) is 9.98 Å². The van der Waals surface area contributed by atoms with Crippen molar-refractivity contribution in [3.8, 4) is 5.75 Å². The predicted molar refractivity (Wildman–Crippen MR) is 121 cm³/mol. The number of nitrogens with zero attached hydrogens (tertiary/aromatic N) is 2. The van der Waals surface area contributed by atoms with E-state index in [-0.39, 0.29) is 5.41 Å². The second-order valence-electron chi connectivity index (χ2n) is 7.68. The van der Waals surface area contributed by atoms with Crippen LogP contribution in [0.3, 0.4) is 0 Å². The fourth-order valence-electron chi connectivity index (χ4n) is 3.51. The summed E-state index contributed by atoms with van der Waals surface area (Å²) < 4.78 is 5.80. The number of aliphatic imine (C=N–C) groups is 1. The Morgan fingerprint density at radius 3 is 2.40 bits per heavy atom. The standard InChI is InChI=1S/C25H28N4O/c1-26-24(29-19-25(14-15-25)21-7-3-2-4-8-21)28-17-20-10-12-23(13-11-20)30-18-22-9-5-6-16-27-22/h2-13,16H,14-15,17-19H2,1H3,(H2,26,28,29). The Morgan fingerprint density at radius 1 is 0.967 bits per heavy atom. The summed E-state index contributed by atoms with van der Waals surface area (Å²) in [6, 6.07) is 24.7. The number of nitrogens with one attached hydrogen (secondary N) is 2.